The highest BCUT2D eigenvalue weighted by Gasteiger charge is 2.07. The monoisotopic (exact) mass is 260 g/mol. The van der Waals surface area contributed by atoms with E-state index in [0.29, 0.717) is 11.3 Å². The Bertz CT molecular complexity index is 647. The molecule has 4 nitrogen and oxygen atoms in total. The first kappa shape index (κ1) is 13.1. The van der Waals surface area contributed by atoms with Crippen LogP contribution >= 0.6 is 0 Å². The Labute approximate surface area is 109 Å². The second-order valence-electron chi connectivity index (χ2n) is 4.24. The number of halogens is 1. The molecule has 2 aromatic rings. The number of ketones is 1. The van der Waals surface area contributed by atoms with Gasteiger partial charge in [-0.05, 0) is 31.2 Å². The van der Waals surface area contributed by atoms with Crippen LogP contribution in [0.4, 0.5) is 4.39 Å². The van der Waals surface area contributed by atoms with Crippen molar-refractivity contribution >= 4 is 5.78 Å². The lowest BCUT2D eigenvalue weighted by Crippen LogP contribution is -2.21. The van der Waals surface area contributed by atoms with Crippen LogP contribution in [0.5, 0.6) is 0 Å². The molecule has 19 heavy (non-hydrogen) atoms. The quantitative estimate of drug-likeness (QED) is 0.790. The lowest BCUT2D eigenvalue weighted by atomic mass is 10.1. The van der Waals surface area contributed by atoms with Crippen molar-refractivity contribution < 1.29 is 9.18 Å². The maximum atomic E-state index is 12.7. The van der Waals surface area contributed by atoms with Crippen molar-refractivity contribution in [2.24, 2.45) is 0 Å². The summed E-state index contributed by atoms with van der Waals surface area (Å²) in [5.74, 6) is -0.511. The minimum atomic E-state index is -0.379. The summed E-state index contributed by atoms with van der Waals surface area (Å²) in [6, 6.07) is 6.78. The molecule has 0 radical (unpaired) electrons. The first-order chi connectivity index (χ1) is 9.06. The molecular weight excluding hydrogens is 247 g/mol. The fourth-order valence-corrected chi connectivity index (χ4v) is 1.69. The third kappa shape index (κ3) is 3.34. The van der Waals surface area contributed by atoms with Gasteiger partial charge in [0, 0.05) is 30.3 Å². The maximum absolute atomic E-state index is 12.7. The largest absolute Gasteiger partial charge is 0.299 e. The van der Waals surface area contributed by atoms with Crippen LogP contribution < -0.4 is 5.56 Å². The molecule has 0 unspecified atom stereocenters. The summed E-state index contributed by atoms with van der Waals surface area (Å²) in [6.07, 6.45) is 1.60. The van der Waals surface area contributed by atoms with Crippen LogP contribution in [0.25, 0.3) is 0 Å². The Morgan fingerprint density at radius 2 is 2.00 bits per heavy atom. The molecule has 0 saturated carbocycles. The van der Waals surface area contributed by atoms with Crippen LogP contribution in [0.1, 0.15) is 22.5 Å². The second-order valence-corrected chi connectivity index (χ2v) is 4.24. The van der Waals surface area contributed by atoms with Crippen LogP contribution in [-0.2, 0) is 6.54 Å². The zero-order valence-corrected chi connectivity index (χ0v) is 10.5. The van der Waals surface area contributed by atoms with Crippen molar-refractivity contribution in [1.82, 2.24) is 9.55 Å². The molecule has 1 heterocycles. The fourth-order valence-electron chi connectivity index (χ4n) is 1.69. The predicted octanol–water partition coefficient (Wildman–Crippen LogP) is 1.96. The van der Waals surface area contributed by atoms with Gasteiger partial charge in [0.2, 0.25) is 0 Å². The van der Waals surface area contributed by atoms with E-state index in [-0.39, 0.29) is 30.1 Å². The van der Waals surface area contributed by atoms with Crippen LogP contribution in [0.3, 0.4) is 0 Å². The standard InChI is InChI=1S/C14H13FN2O2/c1-10-8-14(19)17(9-16-10)7-6-13(18)11-2-4-12(15)5-3-11/h2-5,8-9H,6-7H2,1H3. The molecule has 0 saturated heterocycles. The molecule has 0 N–H and O–H groups in total. The molecule has 0 aliphatic carbocycles. The SMILES string of the molecule is Cc1cc(=O)n(CCC(=O)c2ccc(F)cc2)cn1. The van der Waals surface area contributed by atoms with Gasteiger partial charge in [0.15, 0.2) is 5.78 Å². The molecule has 0 spiro atoms. The summed E-state index contributed by atoms with van der Waals surface area (Å²) < 4.78 is 14.1. The smallest absolute Gasteiger partial charge is 0.253 e. The van der Waals surface area contributed by atoms with Gasteiger partial charge in [-0.25, -0.2) is 9.37 Å². The van der Waals surface area contributed by atoms with Gasteiger partial charge in [-0.2, -0.15) is 0 Å². The van der Waals surface area contributed by atoms with E-state index in [0.717, 1.165) is 0 Å². The second kappa shape index (κ2) is 5.56. The van der Waals surface area contributed by atoms with E-state index in [1.165, 1.54) is 41.2 Å². The van der Waals surface area contributed by atoms with Crippen molar-refractivity contribution in [3.63, 3.8) is 0 Å². The summed E-state index contributed by atoms with van der Waals surface area (Å²) in [4.78, 5) is 27.4. The van der Waals surface area contributed by atoms with Gasteiger partial charge in [0.25, 0.3) is 5.56 Å². The van der Waals surface area contributed by atoms with Gasteiger partial charge >= 0.3 is 0 Å². The topological polar surface area (TPSA) is 52.0 Å². The van der Waals surface area contributed by atoms with Gasteiger partial charge < -0.3 is 0 Å². The number of aromatic nitrogens is 2. The van der Waals surface area contributed by atoms with E-state index in [2.05, 4.69) is 4.98 Å². The van der Waals surface area contributed by atoms with Crippen LogP contribution in [0, 0.1) is 12.7 Å². The third-order valence-electron chi connectivity index (χ3n) is 2.76. The van der Waals surface area contributed by atoms with Crippen LogP contribution in [0.2, 0.25) is 0 Å². The average Bonchev–Trinajstić information content (AvgIpc) is 2.38. The number of aryl methyl sites for hydroxylation is 2. The van der Waals surface area contributed by atoms with E-state index < -0.39 is 0 Å². The molecule has 0 aliphatic rings. The Balaban J connectivity index is 2.04. The first-order valence-corrected chi connectivity index (χ1v) is 5.88. The molecule has 5 heteroatoms. The molecule has 1 aromatic carbocycles. The highest BCUT2D eigenvalue weighted by Crippen LogP contribution is 2.06. The van der Waals surface area contributed by atoms with Crippen molar-refractivity contribution in [3.8, 4) is 0 Å². The number of Topliss-reactive ketones (excluding diaryl/α,β-unsaturated/α-hetero) is 1. The van der Waals surface area contributed by atoms with Crippen molar-refractivity contribution in [2.45, 2.75) is 19.9 Å². The molecule has 1 aromatic heterocycles. The van der Waals surface area contributed by atoms with Crippen LogP contribution in [-0.4, -0.2) is 15.3 Å². The average molecular weight is 260 g/mol. The van der Waals surface area contributed by atoms with E-state index in [9.17, 15) is 14.0 Å². The summed E-state index contributed by atoms with van der Waals surface area (Å²) in [5.41, 5.74) is 0.903. The minimum Gasteiger partial charge on any atom is -0.299 e. The molecular formula is C14H13FN2O2. The Morgan fingerprint density at radius 3 is 2.63 bits per heavy atom. The number of hydrogen-bond donors (Lipinski definition) is 0. The third-order valence-corrected chi connectivity index (χ3v) is 2.76. The molecule has 2 rings (SSSR count). The highest BCUT2D eigenvalue weighted by molar-refractivity contribution is 5.95. The number of carbonyl (C=O) groups excluding carboxylic acids is 1. The van der Waals surface area contributed by atoms with Gasteiger partial charge in [-0.3, -0.25) is 14.2 Å². The van der Waals surface area contributed by atoms with Gasteiger partial charge in [-0.15, -0.1) is 0 Å². The summed E-state index contributed by atoms with van der Waals surface area (Å²) >= 11 is 0. The lowest BCUT2D eigenvalue weighted by molar-refractivity contribution is 0.0976. The van der Waals surface area contributed by atoms with Crippen LogP contribution in [0.15, 0.2) is 41.5 Å². The van der Waals surface area contributed by atoms with E-state index >= 15 is 0 Å². The fraction of sp³-hybridized carbons (Fsp3) is 0.214. The van der Waals surface area contributed by atoms with E-state index in [1.807, 2.05) is 0 Å². The zero-order chi connectivity index (χ0) is 13.8. The minimum absolute atomic E-state index is 0.132. The number of rotatable bonds is 4. The van der Waals surface area contributed by atoms with Crippen molar-refractivity contribution in [1.29, 1.82) is 0 Å². The number of hydrogen-bond acceptors (Lipinski definition) is 3. The summed E-state index contributed by atoms with van der Waals surface area (Å²) in [7, 11) is 0. The Kier molecular flexibility index (Phi) is 3.85. The first-order valence-electron chi connectivity index (χ1n) is 5.88. The van der Waals surface area contributed by atoms with Gasteiger partial charge in [0.05, 0.1) is 6.33 Å². The maximum Gasteiger partial charge on any atom is 0.253 e. The molecule has 0 amide bonds. The summed E-state index contributed by atoms with van der Waals surface area (Å²) in [6.45, 7) is 2.00. The van der Waals surface area contributed by atoms with Crippen molar-refractivity contribution in [2.75, 3.05) is 0 Å². The molecule has 0 atom stereocenters. The molecule has 0 aliphatic heterocycles. The van der Waals surface area contributed by atoms with E-state index in [1.54, 1.807) is 6.92 Å². The molecule has 0 fully saturated rings. The molecule has 0 bridgehead atoms. The summed E-state index contributed by atoms with van der Waals surface area (Å²) in [5, 5.41) is 0. The number of benzene rings is 1. The predicted molar refractivity (Wildman–Crippen MR) is 68.6 cm³/mol. The van der Waals surface area contributed by atoms with Crippen molar-refractivity contribution in [3.05, 3.63) is 64.1 Å². The lowest BCUT2D eigenvalue weighted by Gasteiger charge is -2.05. The number of nitrogens with zero attached hydrogens (tertiary/aromatic N) is 2. The van der Waals surface area contributed by atoms with Gasteiger partial charge in [-0.1, -0.05) is 0 Å². The Morgan fingerprint density at radius 1 is 1.32 bits per heavy atom. The van der Waals surface area contributed by atoms with Gasteiger partial charge in [0.1, 0.15) is 5.82 Å². The highest BCUT2D eigenvalue weighted by atomic mass is 19.1. The Hall–Kier alpha value is -2.30. The zero-order valence-electron chi connectivity index (χ0n) is 10.5. The van der Waals surface area contributed by atoms with E-state index in [4.69, 9.17) is 0 Å². The normalized spacial score (nSPS) is 10.4. The molecule has 98 valence electrons. The number of carbonyl (C=O) groups is 1.